The fourth-order valence-electron chi connectivity index (χ4n) is 1.59. The van der Waals surface area contributed by atoms with E-state index in [-0.39, 0.29) is 6.42 Å². The number of rotatable bonds is 2. The summed E-state index contributed by atoms with van der Waals surface area (Å²) >= 11 is 0. The second-order valence-electron chi connectivity index (χ2n) is 3.11. The molecule has 1 aromatic carbocycles. The molecule has 0 aliphatic carbocycles. The van der Waals surface area contributed by atoms with Gasteiger partial charge in [0.2, 0.25) is 0 Å². The maximum Gasteiger partial charge on any atom is 0.169 e. The Balaban J connectivity index is 2.50. The van der Waals surface area contributed by atoms with Gasteiger partial charge in [-0.25, -0.2) is 0 Å². The molecule has 0 atom stereocenters. The zero-order valence-electron chi connectivity index (χ0n) is 8.45. The molecule has 0 bridgehead atoms. The first-order chi connectivity index (χ1) is 7.36. The highest BCUT2D eigenvalue weighted by molar-refractivity contribution is 5.55. The summed E-state index contributed by atoms with van der Waals surface area (Å²) < 4.78 is 16.1. The molecule has 0 spiro atoms. The van der Waals surface area contributed by atoms with Crippen LogP contribution in [0.15, 0.2) is 12.1 Å². The molecule has 2 rings (SSSR count). The van der Waals surface area contributed by atoms with E-state index < -0.39 is 0 Å². The Morgan fingerprint density at radius 1 is 1.40 bits per heavy atom. The van der Waals surface area contributed by atoms with Gasteiger partial charge in [0.05, 0.1) is 25.2 Å². The number of nitriles is 1. The Hall–Kier alpha value is -1.89. The van der Waals surface area contributed by atoms with Gasteiger partial charge < -0.3 is 14.2 Å². The molecular formula is C11H11NO3. The molecule has 1 aliphatic rings. The lowest BCUT2D eigenvalue weighted by Crippen LogP contribution is -2.16. The van der Waals surface area contributed by atoms with Gasteiger partial charge in [0, 0.05) is 0 Å². The van der Waals surface area contributed by atoms with Crippen molar-refractivity contribution in [2.24, 2.45) is 0 Å². The van der Waals surface area contributed by atoms with Crippen molar-refractivity contribution in [3.63, 3.8) is 0 Å². The van der Waals surface area contributed by atoms with Crippen molar-refractivity contribution in [2.75, 3.05) is 20.3 Å². The smallest absolute Gasteiger partial charge is 0.169 e. The number of hydrogen-bond donors (Lipinski definition) is 0. The van der Waals surface area contributed by atoms with Crippen LogP contribution in [0.1, 0.15) is 5.56 Å². The van der Waals surface area contributed by atoms with Crippen LogP contribution in [0.25, 0.3) is 0 Å². The van der Waals surface area contributed by atoms with Gasteiger partial charge >= 0.3 is 0 Å². The molecule has 0 fully saturated rings. The summed E-state index contributed by atoms with van der Waals surface area (Å²) in [5.74, 6) is 2.00. The van der Waals surface area contributed by atoms with Gasteiger partial charge in [-0.3, -0.25) is 0 Å². The third-order valence-corrected chi connectivity index (χ3v) is 2.24. The Morgan fingerprint density at radius 2 is 2.20 bits per heavy atom. The minimum Gasteiger partial charge on any atom is -0.496 e. The number of ether oxygens (including phenoxy) is 3. The first-order valence-corrected chi connectivity index (χ1v) is 4.69. The summed E-state index contributed by atoms with van der Waals surface area (Å²) in [7, 11) is 1.58. The quantitative estimate of drug-likeness (QED) is 0.734. The molecule has 0 radical (unpaired) electrons. The minimum atomic E-state index is 0.260. The van der Waals surface area contributed by atoms with Gasteiger partial charge in [0.15, 0.2) is 11.5 Å². The fraction of sp³-hybridized carbons (Fsp3) is 0.364. The number of fused-ring (bicyclic) bond motifs is 1. The molecule has 0 N–H and O–H groups in total. The predicted molar refractivity (Wildman–Crippen MR) is 53.3 cm³/mol. The molecule has 15 heavy (non-hydrogen) atoms. The van der Waals surface area contributed by atoms with Crippen molar-refractivity contribution < 1.29 is 14.2 Å². The molecule has 0 amide bonds. The van der Waals surface area contributed by atoms with Crippen LogP contribution in [0.4, 0.5) is 0 Å². The first-order valence-electron chi connectivity index (χ1n) is 4.69. The fourth-order valence-corrected chi connectivity index (χ4v) is 1.59. The molecule has 1 aliphatic heterocycles. The van der Waals surface area contributed by atoms with Gasteiger partial charge in [-0.2, -0.15) is 5.26 Å². The van der Waals surface area contributed by atoms with E-state index in [0.717, 1.165) is 5.56 Å². The van der Waals surface area contributed by atoms with E-state index in [4.69, 9.17) is 19.5 Å². The largest absolute Gasteiger partial charge is 0.496 e. The molecule has 0 saturated carbocycles. The molecule has 4 nitrogen and oxygen atoms in total. The van der Waals surface area contributed by atoms with Gasteiger partial charge in [0.1, 0.15) is 19.0 Å². The van der Waals surface area contributed by atoms with E-state index in [9.17, 15) is 0 Å². The lowest BCUT2D eigenvalue weighted by Gasteiger charge is -2.21. The maximum atomic E-state index is 8.74. The Morgan fingerprint density at radius 3 is 2.93 bits per heavy atom. The predicted octanol–water partition coefficient (Wildman–Crippen LogP) is 1.53. The molecule has 1 aromatic rings. The molecular weight excluding hydrogens is 194 g/mol. The van der Waals surface area contributed by atoms with Crippen LogP contribution in [0.2, 0.25) is 0 Å². The van der Waals surface area contributed by atoms with Gasteiger partial charge in [0.25, 0.3) is 0 Å². The second kappa shape index (κ2) is 4.09. The van der Waals surface area contributed by atoms with Crippen LogP contribution in [0.3, 0.4) is 0 Å². The standard InChI is InChI=1S/C11H11NO3/c1-13-9-2-3-10-11(8(9)4-5-12)15-7-6-14-10/h2-3H,4,6-7H2,1H3. The van der Waals surface area contributed by atoms with Crippen LogP contribution in [0.5, 0.6) is 17.2 Å². The highest BCUT2D eigenvalue weighted by atomic mass is 16.6. The Bertz CT molecular complexity index is 409. The number of hydrogen-bond acceptors (Lipinski definition) is 4. The van der Waals surface area contributed by atoms with E-state index in [1.807, 2.05) is 0 Å². The van der Waals surface area contributed by atoms with Gasteiger partial charge in [-0.05, 0) is 12.1 Å². The van der Waals surface area contributed by atoms with Gasteiger partial charge in [-0.1, -0.05) is 0 Å². The van der Waals surface area contributed by atoms with Crippen molar-refractivity contribution >= 4 is 0 Å². The maximum absolute atomic E-state index is 8.74. The van der Waals surface area contributed by atoms with E-state index in [1.54, 1.807) is 19.2 Å². The zero-order valence-corrected chi connectivity index (χ0v) is 8.45. The van der Waals surface area contributed by atoms with E-state index in [1.165, 1.54) is 0 Å². The van der Waals surface area contributed by atoms with Crippen molar-refractivity contribution in [3.05, 3.63) is 17.7 Å². The highest BCUT2D eigenvalue weighted by Crippen LogP contribution is 2.39. The summed E-state index contributed by atoms with van der Waals surface area (Å²) in [4.78, 5) is 0. The van der Waals surface area contributed by atoms with Crippen LogP contribution in [-0.2, 0) is 6.42 Å². The normalized spacial score (nSPS) is 13.1. The molecule has 1 heterocycles. The van der Waals surface area contributed by atoms with Crippen molar-refractivity contribution in [1.82, 2.24) is 0 Å². The van der Waals surface area contributed by atoms with E-state index >= 15 is 0 Å². The van der Waals surface area contributed by atoms with Crippen molar-refractivity contribution in [2.45, 2.75) is 6.42 Å². The third kappa shape index (κ3) is 1.68. The molecule has 0 saturated heterocycles. The van der Waals surface area contributed by atoms with Crippen molar-refractivity contribution in [1.29, 1.82) is 5.26 Å². The molecule has 0 aromatic heterocycles. The Labute approximate surface area is 88.0 Å². The third-order valence-electron chi connectivity index (χ3n) is 2.24. The number of benzene rings is 1. The van der Waals surface area contributed by atoms with Gasteiger partial charge in [-0.15, -0.1) is 0 Å². The summed E-state index contributed by atoms with van der Waals surface area (Å²) in [6, 6.07) is 5.68. The highest BCUT2D eigenvalue weighted by Gasteiger charge is 2.19. The lowest BCUT2D eigenvalue weighted by atomic mass is 10.1. The zero-order chi connectivity index (χ0) is 10.7. The van der Waals surface area contributed by atoms with Crippen LogP contribution in [0, 0.1) is 11.3 Å². The number of methoxy groups -OCH3 is 1. The molecule has 4 heteroatoms. The molecule has 78 valence electrons. The number of nitrogens with zero attached hydrogens (tertiary/aromatic N) is 1. The van der Waals surface area contributed by atoms with Crippen LogP contribution < -0.4 is 14.2 Å². The topological polar surface area (TPSA) is 51.5 Å². The average Bonchev–Trinajstić information content (AvgIpc) is 2.30. The van der Waals surface area contributed by atoms with Crippen LogP contribution >= 0.6 is 0 Å². The SMILES string of the molecule is COc1ccc2c(c1CC#N)OCCO2. The lowest BCUT2D eigenvalue weighted by molar-refractivity contribution is 0.169. The summed E-state index contributed by atoms with van der Waals surface area (Å²) in [6.45, 7) is 1.06. The molecule has 0 unspecified atom stereocenters. The Kier molecular flexibility index (Phi) is 2.64. The van der Waals surface area contributed by atoms with E-state index in [0.29, 0.717) is 30.5 Å². The second-order valence-corrected chi connectivity index (χ2v) is 3.11. The summed E-state index contributed by atoms with van der Waals surface area (Å²) in [5.41, 5.74) is 0.761. The summed E-state index contributed by atoms with van der Waals surface area (Å²) in [5, 5.41) is 8.74. The van der Waals surface area contributed by atoms with Crippen LogP contribution in [-0.4, -0.2) is 20.3 Å². The monoisotopic (exact) mass is 205 g/mol. The summed E-state index contributed by atoms with van der Waals surface area (Å²) in [6.07, 6.45) is 0.260. The van der Waals surface area contributed by atoms with E-state index in [2.05, 4.69) is 6.07 Å². The first kappa shape index (κ1) is 9.66. The minimum absolute atomic E-state index is 0.260. The average molecular weight is 205 g/mol. The van der Waals surface area contributed by atoms with Crippen molar-refractivity contribution in [3.8, 4) is 23.3 Å².